The Balaban J connectivity index is 1.35. The van der Waals surface area contributed by atoms with Gasteiger partial charge in [0, 0.05) is 20.2 Å². The molecule has 0 N–H and O–H groups in total. The maximum Gasteiger partial charge on any atom is 0.0355 e. The molecule has 0 bridgehead atoms. The highest BCUT2D eigenvalue weighted by molar-refractivity contribution is 7.25. The second kappa shape index (κ2) is 8.79. The van der Waals surface area contributed by atoms with E-state index in [9.17, 15) is 0 Å². The molecule has 0 spiro atoms. The van der Waals surface area contributed by atoms with Gasteiger partial charge in [-0.15, -0.1) is 11.3 Å². The van der Waals surface area contributed by atoms with E-state index in [-0.39, 0.29) is 5.41 Å². The van der Waals surface area contributed by atoms with Crippen molar-refractivity contribution in [3.63, 3.8) is 0 Å². The molecule has 0 aliphatic rings. The molecule has 0 aliphatic heterocycles. The van der Waals surface area contributed by atoms with Gasteiger partial charge in [-0.1, -0.05) is 93.6 Å². The first kappa shape index (κ1) is 24.1. The van der Waals surface area contributed by atoms with Crippen LogP contribution in [0.4, 0.5) is 0 Å². The average molecular weight is 521 g/mol. The zero-order valence-corrected chi connectivity index (χ0v) is 24.0. The topological polar surface area (TPSA) is 0 Å². The van der Waals surface area contributed by atoms with Crippen molar-refractivity contribution in [3.05, 3.63) is 120 Å². The molecule has 0 aliphatic carbocycles. The molecule has 1 heteroatoms. The largest absolute Gasteiger partial charge is 0.135 e. The van der Waals surface area contributed by atoms with Gasteiger partial charge in [-0.3, -0.25) is 0 Å². The van der Waals surface area contributed by atoms with E-state index in [4.69, 9.17) is 0 Å². The summed E-state index contributed by atoms with van der Waals surface area (Å²) in [6, 6.07) is 38.8. The van der Waals surface area contributed by atoms with E-state index in [1.807, 2.05) is 11.3 Å². The van der Waals surface area contributed by atoms with Crippen LogP contribution in [-0.2, 0) is 5.41 Å². The highest BCUT2D eigenvalue weighted by atomic mass is 32.1. The van der Waals surface area contributed by atoms with Crippen LogP contribution in [-0.4, -0.2) is 0 Å². The molecule has 0 unspecified atom stereocenters. The lowest BCUT2D eigenvalue weighted by atomic mass is 9.85. The number of thiophene rings is 1. The van der Waals surface area contributed by atoms with Crippen LogP contribution in [0.2, 0.25) is 0 Å². The summed E-state index contributed by atoms with van der Waals surface area (Å²) < 4.78 is 2.70. The zero-order chi connectivity index (χ0) is 26.9. The fourth-order valence-corrected chi connectivity index (χ4v) is 7.17. The monoisotopic (exact) mass is 520 g/mol. The maximum absolute atomic E-state index is 2.39. The van der Waals surface area contributed by atoms with Crippen molar-refractivity contribution in [3.8, 4) is 22.3 Å². The number of hydrogen-bond donors (Lipinski definition) is 0. The van der Waals surface area contributed by atoms with Gasteiger partial charge in [0.25, 0.3) is 0 Å². The first-order valence-corrected chi connectivity index (χ1v) is 14.6. The van der Waals surface area contributed by atoms with Gasteiger partial charge in [-0.05, 0) is 110 Å². The Morgan fingerprint density at radius 3 is 1.54 bits per heavy atom. The number of hydrogen-bond acceptors (Lipinski definition) is 1. The molecular formula is C38H32S. The van der Waals surface area contributed by atoms with Crippen LogP contribution in [0.3, 0.4) is 0 Å². The van der Waals surface area contributed by atoms with E-state index in [1.54, 1.807) is 0 Å². The Labute approximate surface area is 234 Å². The molecule has 0 nitrogen and oxygen atoms in total. The molecule has 7 rings (SSSR count). The van der Waals surface area contributed by atoms with E-state index in [0.717, 1.165) is 0 Å². The third-order valence-corrected chi connectivity index (χ3v) is 9.60. The summed E-state index contributed by atoms with van der Waals surface area (Å²) in [5.74, 6) is 0. The molecule has 190 valence electrons. The molecule has 39 heavy (non-hydrogen) atoms. The molecule has 6 aromatic carbocycles. The fourth-order valence-electron chi connectivity index (χ4n) is 6.08. The van der Waals surface area contributed by atoms with E-state index < -0.39 is 0 Å². The quantitative estimate of drug-likeness (QED) is 0.199. The predicted octanol–water partition coefficient (Wildman–Crippen LogP) is 11.6. The second-order valence-corrected chi connectivity index (χ2v) is 13.0. The number of benzene rings is 6. The molecule has 0 saturated carbocycles. The highest BCUT2D eigenvalue weighted by Gasteiger charge is 2.15. The highest BCUT2D eigenvalue weighted by Crippen LogP contribution is 2.39. The first-order valence-electron chi connectivity index (χ1n) is 13.8. The van der Waals surface area contributed by atoms with Crippen molar-refractivity contribution < 1.29 is 0 Å². The fraction of sp³-hybridized carbons (Fsp3) is 0.158. The lowest BCUT2D eigenvalue weighted by Crippen LogP contribution is -2.10. The van der Waals surface area contributed by atoms with Gasteiger partial charge in [0.2, 0.25) is 0 Å². The SMILES string of the molecule is Cc1c2ccc(-c3ccc4sc5ccccc5c4c3)cc2c(C)c2ccc(-c3ccc(C(C)(C)C)cc3)cc12. The lowest BCUT2D eigenvalue weighted by molar-refractivity contribution is 0.590. The Morgan fingerprint density at radius 2 is 0.923 bits per heavy atom. The molecule has 1 heterocycles. The van der Waals surface area contributed by atoms with Gasteiger partial charge in [-0.25, -0.2) is 0 Å². The van der Waals surface area contributed by atoms with Gasteiger partial charge in [0.15, 0.2) is 0 Å². The summed E-state index contributed by atoms with van der Waals surface area (Å²) in [5.41, 5.74) is 9.33. The molecule has 7 aromatic rings. The number of fused-ring (bicyclic) bond motifs is 5. The summed E-state index contributed by atoms with van der Waals surface area (Å²) >= 11 is 1.87. The standard InChI is InChI=1S/C38H32S/c1-23-31-18-13-27(28-14-19-37-35(22-28)32-8-6-7-9-36(32)39-37)21-34(31)24(2)30-17-12-26(20-33(23)30)25-10-15-29(16-11-25)38(3,4)5/h6-22H,1-5H3. The van der Waals surface area contributed by atoms with Crippen molar-refractivity contribution in [2.45, 2.75) is 40.0 Å². The van der Waals surface area contributed by atoms with E-state index in [2.05, 4.69) is 138 Å². The minimum Gasteiger partial charge on any atom is -0.135 e. The normalized spacial score (nSPS) is 12.2. The Morgan fingerprint density at radius 1 is 0.436 bits per heavy atom. The van der Waals surface area contributed by atoms with Crippen LogP contribution >= 0.6 is 11.3 Å². The van der Waals surface area contributed by atoms with Gasteiger partial charge in [0.1, 0.15) is 0 Å². The van der Waals surface area contributed by atoms with Crippen LogP contribution in [0.25, 0.3) is 64.0 Å². The smallest absolute Gasteiger partial charge is 0.0355 e. The van der Waals surface area contributed by atoms with Crippen molar-refractivity contribution in [1.29, 1.82) is 0 Å². The van der Waals surface area contributed by atoms with Crippen LogP contribution in [0.5, 0.6) is 0 Å². The van der Waals surface area contributed by atoms with Crippen molar-refractivity contribution in [1.82, 2.24) is 0 Å². The first-order chi connectivity index (χ1) is 18.8. The summed E-state index contributed by atoms with van der Waals surface area (Å²) in [7, 11) is 0. The molecule has 0 saturated heterocycles. The Hall–Kier alpha value is -3.94. The van der Waals surface area contributed by atoms with Crippen molar-refractivity contribution in [2.24, 2.45) is 0 Å². The summed E-state index contributed by atoms with van der Waals surface area (Å²) in [4.78, 5) is 0. The van der Waals surface area contributed by atoms with Crippen LogP contribution in [0.15, 0.2) is 103 Å². The van der Waals surface area contributed by atoms with Crippen molar-refractivity contribution in [2.75, 3.05) is 0 Å². The third kappa shape index (κ3) is 3.96. The van der Waals surface area contributed by atoms with Gasteiger partial charge < -0.3 is 0 Å². The minimum absolute atomic E-state index is 0.163. The van der Waals surface area contributed by atoms with Crippen LogP contribution < -0.4 is 0 Å². The minimum atomic E-state index is 0.163. The van der Waals surface area contributed by atoms with Gasteiger partial charge in [-0.2, -0.15) is 0 Å². The maximum atomic E-state index is 2.39. The molecule has 0 amide bonds. The van der Waals surface area contributed by atoms with E-state index in [0.29, 0.717) is 0 Å². The van der Waals surface area contributed by atoms with Gasteiger partial charge >= 0.3 is 0 Å². The van der Waals surface area contributed by atoms with E-state index >= 15 is 0 Å². The van der Waals surface area contributed by atoms with Crippen molar-refractivity contribution >= 4 is 53.1 Å². The molecule has 1 aromatic heterocycles. The summed E-state index contributed by atoms with van der Waals surface area (Å²) in [5, 5.41) is 8.06. The number of aryl methyl sites for hydroxylation is 2. The average Bonchev–Trinajstić information content (AvgIpc) is 3.33. The molecule has 0 radical (unpaired) electrons. The van der Waals surface area contributed by atoms with E-state index in [1.165, 1.54) is 80.7 Å². The summed E-state index contributed by atoms with van der Waals surface area (Å²) in [6.45, 7) is 11.4. The Kier molecular flexibility index (Phi) is 5.44. The molecule has 0 atom stereocenters. The Bertz CT molecular complexity index is 2050. The van der Waals surface area contributed by atoms with Crippen LogP contribution in [0.1, 0.15) is 37.5 Å². The van der Waals surface area contributed by atoms with Crippen LogP contribution in [0, 0.1) is 13.8 Å². The zero-order valence-electron chi connectivity index (χ0n) is 23.2. The number of rotatable bonds is 2. The predicted molar refractivity (Wildman–Crippen MR) is 173 cm³/mol. The molecule has 0 fully saturated rings. The second-order valence-electron chi connectivity index (χ2n) is 11.9. The van der Waals surface area contributed by atoms with Gasteiger partial charge in [0.05, 0.1) is 0 Å². The lowest BCUT2D eigenvalue weighted by Gasteiger charge is -2.19. The third-order valence-electron chi connectivity index (χ3n) is 8.45. The summed E-state index contributed by atoms with van der Waals surface area (Å²) in [6.07, 6.45) is 0. The molecular weight excluding hydrogens is 488 g/mol.